The summed E-state index contributed by atoms with van der Waals surface area (Å²) in [5.74, 6) is 0.579. The molecule has 0 spiro atoms. The van der Waals surface area contributed by atoms with Crippen LogP contribution in [-0.2, 0) is 11.3 Å². The molecule has 4 nitrogen and oxygen atoms in total. The number of aromatic hydroxyl groups is 2. The molecule has 2 rings (SSSR count). The number of hydrogen-bond acceptors (Lipinski definition) is 4. The normalized spacial score (nSPS) is 10.4. The highest BCUT2D eigenvalue weighted by molar-refractivity contribution is 5.82. The molecule has 0 heterocycles. The van der Waals surface area contributed by atoms with Gasteiger partial charge in [-0.1, -0.05) is 18.2 Å². The van der Waals surface area contributed by atoms with Crippen molar-refractivity contribution in [2.45, 2.75) is 6.61 Å². The van der Waals surface area contributed by atoms with E-state index in [2.05, 4.69) is 0 Å². The maximum Gasteiger partial charge on any atom is 0.127 e. The second kappa shape index (κ2) is 5.63. The van der Waals surface area contributed by atoms with E-state index >= 15 is 0 Å². The van der Waals surface area contributed by atoms with E-state index in [1.54, 1.807) is 26.4 Å². The second-order valence-corrected chi connectivity index (χ2v) is 4.10. The Hall–Kier alpha value is -2.20. The van der Waals surface area contributed by atoms with E-state index in [1.165, 1.54) is 12.1 Å². The van der Waals surface area contributed by atoms with Crippen molar-refractivity contribution in [3.8, 4) is 28.4 Å². The van der Waals surface area contributed by atoms with Crippen molar-refractivity contribution in [3.05, 3.63) is 42.0 Å². The summed E-state index contributed by atoms with van der Waals surface area (Å²) in [6, 6.07) is 10.1. The summed E-state index contributed by atoms with van der Waals surface area (Å²) >= 11 is 0. The number of hydrogen-bond donors (Lipinski definition) is 2. The van der Waals surface area contributed by atoms with Crippen molar-refractivity contribution in [1.29, 1.82) is 0 Å². The van der Waals surface area contributed by atoms with Gasteiger partial charge in [0.15, 0.2) is 0 Å². The molecule has 0 unspecified atom stereocenters. The number of methoxy groups -OCH3 is 2. The topological polar surface area (TPSA) is 58.9 Å². The van der Waals surface area contributed by atoms with Gasteiger partial charge in [-0.2, -0.15) is 0 Å². The summed E-state index contributed by atoms with van der Waals surface area (Å²) in [7, 11) is 3.14. The lowest BCUT2D eigenvalue weighted by molar-refractivity contribution is 0.185. The first kappa shape index (κ1) is 13.2. The fourth-order valence-electron chi connectivity index (χ4n) is 2.09. The molecule has 0 radical (unpaired) electrons. The highest BCUT2D eigenvalue weighted by atomic mass is 16.5. The molecule has 2 N–H and O–H groups in total. The lowest BCUT2D eigenvalue weighted by Crippen LogP contribution is -1.96. The molecule has 4 heteroatoms. The van der Waals surface area contributed by atoms with Crippen LogP contribution in [0.2, 0.25) is 0 Å². The average Bonchev–Trinajstić information content (AvgIpc) is 2.40. The fraction of sp³-hybridized carbons (Fsp3) is 0.200. The first-order chi connectivity index (χ1) is 9.19. The average molecular weight is 260 g/mol. The zero-order valence-corrected chi connectivity index (χ0v) is 10.9. The van der Waals surface area contributed by atoms with Crippen LogP contribution >= 0.6 is 0 Å². The minimum Gasteiger partial charge on any atom is -0.507 e. The Bertz CT molecular complexity index is 558. The zero-order valence-electron chi connectivity index (χ0n) is 10.9. The van der Waals surface area contributed by atoms with Crippen LogP contribution in [0.5, 0.6) is 17.2 Å². The summed E-state index contributed by atoms with van der Waals surface area (Å²) in [5, 5.41) is 20.0. The van der Waals surface area contributed by atoms with Crippen molar-refractivity contribution in [2.75, 3.05) is 14.2 Å². The Labute approximate surface area is 111 Å². The maximum absolute atomic E-state index is 10.0. The predicted molar refractivity (Wildman–Crippen MR) is 72.5 cm³/mol. The van der Waals surface area contributed by atoms with Gasteiger partial charge in [0.2, 0.25) is 0 Å². The van der Waals surface area contributed by atoms with Crippen LogP contribution in [0.1, 0.15) is 5.56 Å². The fourth-order valence-corrected chi connectivity index (χ4v) is 2.09. The van der Waals surface area contributed by atoms with Gasteiger partial charge in [0.1, 0.15) is 17.2 Å². The van der Waals surface area contributed by atoms with E-state index in [1.807, 2.05) is 12.1 Å². The van der Waals surface area contributed by atoms with Crippen molar-refractivity contribution in [3.63, 3.8) is 0 Å². The Kier molecular flexibility index (Phi) is 3.92. The number of phenols is 2. The van der Waals surface area contributed by atoms with Crippen LogP contribution in [0.3, 0.4) is 0 Å². The predicted octanol–water partition coefficient (Wildman–Crippen LogP) is 2.92. The third-order valence-corrected chi connectivity index (χ3v) is 2.90. The molecule has 0 bridgehead atoms. The van der Waals surface area contributed by atoms with Crippen LogP contribution in [-0.4, -0.2) is 24.4 Å². The van der Waals surface area contributed by atoms with Crippen molar-refractivity contribution < 1.29 is 19.7 Å². The summed E-state index contributed by atoms with van der Waals surface area (Å²) in [6.07, 6.45) is 0. The Morgan fingerprint density at radius 1 is 0.895 bits per heavy atom. The molecule has 0 aliphatic carbocycles. The molecule has 0 aromatic heterocycles. The molecule has 2 aromatic rings. The maximum atomic E-state index is 10.0. The molecule has 0 saturated carbocycles. The smallest absolute Gasteiger partial charge is 0.127 e. The standard InChI is InChI=1S/C15H16O4/c1-18-9-10-5-3-8-13(19-2)14(10)15-11(16)6-4-7-12(15)17/h3-8,16-17H,9H2,1-2H3. The largest absolute Gasteiger partial charge is 0.507 e. The lowest BCUT2D eigenvalue weighted by atomic mass is 9.97. The highest BCUT2D eigenvalue weighted by Gasteiger charge is 2.18. The van der Waals surface area contributed by atoms with E-state index < -0.39 is 0 Å². The Morgan fingerprint density at radius 2 is 1.53 bits per heavy atom. The van der Waals surface area contributed by atoms with Gasteiger partial charge in [-0.05, 0) is 23.8 Å². The first-order valence-corrected chi connectivity index (χ1v) is 5.85. The van der Waals surface area contributed by atoms with Crippen molar-refractivity contribution in [1.82, 2.24) is 0 Å². The summed E-state index contributed by atoms with van der Waals surface area (Å²) in [4.78, 5) is 0. The molecule has 0 aliphatic heterocycles. The Morgan fingerprint density at radius 3 is 2.11 bits per heavy atom. The summed E-state index contributed by atoms with van der Waals surface area (Å²) in [6.45, 7) is 0.361. The third kappa shape index (κ3) is 2.48. The molecule has 0 saturated heterocycles. The molecule has 19 heavy (non-hydrogen) atoms. The van der Waals surface area contributed by atoms with Gasteiger partial charge in [0.05, 0.1) is 19.3 Å². The molecule has 2 aromatic carbocycles. The SMILES string of the molecule is COCc1cccc(OC)c1-c1c(O)cccc1O. The van der Waals surface area contributed by atoms with Gasteiger partial charge < -0.3 is 19.7 Å². The summed E-state index contributed by atoms with van der Waals surface area (Å²) < 4.78 is 10.5. The van der Waals surface area contributed by atoms with E-state index in [-0.39, 0.29) is 11.5 Å². The van der Waals surface area contributed by atoms with Crippen molar-refractivity contribution >= 4 is 0 Å². The third-order valence-electron chi connectivity index (χ3n) is 2.90. The molecule has 100 valence electrons. The molecule has 0 amide bonds. The van der Waals surface area contributed by atoms with Gasteiger partial charge in [-0.15, -0.1) is 0 Å². The van der Waals surface area contributed by atoms with Gasteiger partial charge in [-0.25, -0.2) is 0 Å². The van der Waals surface area contributed by atoms with Crippen LogP contribution < -0.4 is 4.74 Å². The minimum atomic E-state index is 0.00172. The van der Waals surface area contributed by atoms with Crippen LogP contribution in [0.25, 0.3) is 11.1 Å². The summed E-state index contributed by atoms with van der Waals surface area (Å²) in [5.41, 5.74) is 1.83. The molecular formula is C15H16O4. The minimum absolute atomic E-state index is 0.00172. The number of phenolic OH excluding ortho intramolecular Hbond substituents is 2. The molecular weight excluding hydrogens is 244 g/mol. The van der Waals surface area contributed by atoms with Crippen LogP contribution in [0.4, 0.5) is 0 Å². The zero-order chi connectivity index (χ0) is 13.8. The Balaban J connectivity index is 2.72. The van der Waals surface area contributed by atoms with E-state index in [0.717, 1.165) is 5.56 Å². The lowest BCUT2D eigenvalue weighted by Gasteiger charge is -2.15. The van der Waals surface area contributed by atoms with Gasteiger partial charge in [0.25, 0.3) is 0 Å². The van der Waals surface area contributed by atoms with E-state index in [9.17, 15) is 10.2 Å². The molecule has 0 atom stereocenters. The van der Waals surface area contributed by atoms with Gasteiger partial charge in [-0.3, -0.25) is 0 Å². The first-order valence-electron chi connectivity index (χ1n) is 5.85. The number of benzene rings is 2. The van der Waals surface area contributed by atoms with Gasteiger partial charge in [0, 0.05) is 12.7 Å². The van der Waals surface area contributed by atoms with E-state index in [0.29, 0.717) is 23.5 Å². The molecule has 0 fully saturated rings. The second-order valence-electron chi connectivity index (χ2n) is 4.10. The number of rotatable bonds is 4. The molecule has 0 aliphatic rings. The van der Waals surface area contributed by atoms with Crippen LogP contribution in [0, 0.1) is 0 Å². The van der Waals surface area contributed by atoms with E-state index in [4.69, 9.17) is 9.47 Å². The quantitative estimate of drug-likeness (QED) is 0.887. The van der Waals surface area contributed by atoms with Gasteiger partial charge >= 0.3 is 0 Å². The highest BCUT2D eigenvalue weighted by Crippen LogP contribution is 2.43. The number of ether oxygens (including phenoxy) is 2. The van der Waals surface area contributed by atoms with Crippen molar-refractivity contribution in [2.24, 2.45) is 0 Å². The van der Waals surface area contributed by atoms with Crippen LogP contribution in [0.15, 0.2) is 36.4 Å². The monoisotopic (exact) mass is 260 g/mol.